The largest absolute Gasteiger partial charge is 0.478 e. The maximum atomic E-state index is 11.3. The molecule has 0 bridgehead atoms. The summed E-state index contributed by atoms with van der Waals surface area (Å²) in [7, 11) is 0. The van der Waals surface area contributed by atoms with E-state index in [9.17, 15) is 9.59 Å². The van der Waals surface area contributed by atoms with Crippen LogP contribution in [-0.4, -0.2) is 23.7 Å². The third-order valence-electron chi connectivity index (χ3n) is 1.71. The molecule has 0 radical (unpaired) electrons. The Labute approximate surface area is 95.0 Å². The first-order valence-corrected chi connectivity index (χ1v) is 5.05. The number of hydrogen-bond acceptors (Lipinski definition) is 3. The van der Waals surface area contributed by atoms with E-state index in [4.69, 9.17) is 9.84 Å². The van der Waals surface area contributed by atoms with E-state index in [0.717, 1.165) is 0 Å². The highest BCUT2D eigenvalue weighted by Gasteiger charge is 2.13. The van der Waals surface area contributed by atoms with Gasteiger partial charge in [-0.05, 0) is 41.1 Å². The highest BCUT2D eigenvalue weighted by Crippen LogP contribution is 2.18. The lowest BCUT2D eigenvalue weighted by Crippen LogP contribution is -2.07. The fourth-order valence-corrected chi connectivity index (χ4v) is 1.45. The molecule has 0 aliphatic rings. The number of rotatable bonds is 3. The van der Waals surface area contributed by atoms with Crippen molar-refractivity contribution in [1.82, 2.24) is 0 Å². The lowest BCUT2D eigenvalue weighted by Gasteiger charge is -2.04. The van der Waals surface area contributed by atoms with Crippen LogP contribution < -0.4 is 0 Å². The molecule has 0 heterocycles. The van der Waals surface area contributed by atoms with Gasteiger partial charge in [-0.1, -0.05) is 0 Å². The topological polar surface area (TPSA) is 63.6 Å². The second-order valence-corrected chi connectivity index (χ2v) is 3.57. The molecule has 1 aromatic carbocycles. The number of carboxylic acid groups (broad SMARTS) is 1. The quantitative estimate of drug-likeness (QED) is 0.858. The van der Waals surface area contributed by atoms with E-state index in [1.807, 2.05) is 0 Å². The van der Waals surface area contributed by atoms with E-state index >= 15 is 0 Å². The molecule has 0 unspecified atom stereocenters. The van der Waals surface area contributed by atoms with Crippen molar-refractivity contribution in [1.29, 1.82) is 0 Å². The number of halogens is 1. The molecule has 0 fully saturated rings. The first-order chi connectivity index (χ1) is 7.06. The molecule has 0 aliphatic heterocycles. The molecular weight excluding hydrogens is 264 g/mol. The second-order valence-electron chi connectivity index (χ2n) is 2.72. The van der Waals surface area contributed by atoms with Crippen LogP contribution in [0.1, 0.15) is 27.6 Å². The van der Waals surface area contributed by atoms with E-state index in [-0.39, 0.29) is 17.7 Å². The highest BCUT2D eigenvalue weighted by atomic mass is 79.9. The third-order valence-corrected chi connectivity index (χ3v) is 2.40. The van der Waals surface area contributed by atoms with Crippen molar-refractivity contribution in [3.05, 3.63) is 33.8 Å². The molecule has 15 heavy (non-hydrogen) atoms. The van der Waals surface area contributed by atoms with Crippen LogP contribution in [0, 0.1) is 0 Å². The Morgan fingerprint density at radius 3 is 2.67 bits per heavy atom. The van der Waals surface area contributed by atoms with Crippen LogP contribution in [0.2, 0.25) is 0 Å². The average molecular weight is 273 g/mol. The Bertz CT molecular complexity index is 400. The molecule has 1 aromatic rings. The maximum Gasteiger partial charge on any atom is 0.338 e. The van der Waals surface area contributed by atoms with Gasteiger partial charge in [-0.2, -0.15) is 0 Å². The lowest BCUT2D eigenvalue weighted by atomic mass is 10.1. The van der Waals surface area contributed by atoms with E-state index in [0.29, 0.717) is 4.47 Å². The molecule has 0 aromatic heterocycles. The summed E-state index contributed by atoms with van der Waals surface area (Å²) in [6.45, 7) is 1.95. The van der Waals surface area contributed by atoms with Crippen LogP contribution in [0.3, 0.4) is 0 Å². The molecule has 5 heteroatoms. The zero-order valence-electron chi connectivity index (χ0n) is 7.99. The monoisotopic (exact) mass is 272 g/mol. The van der Waals surface area contributed by atoms with Crippen LogP contribution in [0.4, 0.5) is 0 Å². The standard InChI is InChI=1S/C10H9BrO4/c1-2-15-10(14)6-3-4-8(11)7(5-6)9(12)13/h3-5H,2H2,1H3,(H,12,13). The van der Waals surface area contributed by atoms with Crippen LogP contribution in [0.5, 0.6) is 0 Å². The molecule has 0 aliphatic carbocycles. The summed E-state index contributed by atoms with van der Waals surface area (Å²) >= 11 is 3.09. The summed E-state index contributed by atoms with van der Waals surface area (Å²) in [5.74, 6) is -1.61. The molecule has 0 spiro atoms. The number of carbonyl (C=O) groups excluding carboxylic acids is 1. The zero-order valence-corrected chi connectivity index (χ0v) is 9.58. The summed E-state index contributed by atoms with van der Waals surface area (Å²) in [6.07, 6.45) is 0. The van der Waals surface area contributed by atoms with E-state index < -0.39 is 11.9 Å². The van der Waals surface area contributed by atoms with Crippen molar-refractivity contribution >= 4 is 27.9 Å². The van der Waals surface area contributed by atoms with Gasteiger partial charge in [-0.3, -0.25) is 0 Å². The van der Waals surface area contributed by atoms with Crippen molar-refractivity contribution in [3.8, 4) is 0 Å². The molecular formula is C10H9BrO4. The smallest absolute Gasteiger partial charge is 0.338 e. The molecule has 4 nitrogen and oxygen atoms in total. The van der Waals surface area contributed by atoms with Gasteiger partial charge in [-0.25, -0.2) is 9.59 Å². The Hall–Kier alpha value is -1.36. The Kier molecular flexibility index (Phi) is 3.85. The van der Waals surface area contributed by atoms with Gasteiger partial charge in [0.15, 0.2) is 0 Å². The highest BCUT2D eigenvalue weighted by molar-refractivity contribution is 9.10. The van der Waals surface area contributed by atoms with Gasteiger partial charge in [0.05, 0.1) is 17.7 Å². The predicted molar refractivity (Wildman–Crippen MR) is 57.1 cm³/mol. The molecule has 0 saturated heterocycles. The first-order valence-electron chi connectivity index (χ1n) is 4.26. The molecule has 0 atom stereocenters. The lowest BCUT2D eigenvalue weighted by molar-refractivity contribution is 0.0526. The van der Waals surface area contributed by atoms with Gasteiger partial charge < -0.3 is 9.84 Å². The van der Waals surface area contributed by atoms with Gasteiger partial charge in [-0.15, -0.1) is 0 Å². The number of benzene rings is 1. The molecule has 80 valence electrons. The summed E-state index contributed by atoms with van der Waals surface area (Å²) in [6, 6.07) is 4.30. The predicted octanol–water partition coefficient (Wildman–Crippen LogP) is 2.32. The normalized spacial score (nSPS) is 9.73. The van der Waals surface area contributed by atoms with Crippen LogP contribution >= 0.6 is 15.9 Å². The van der Waals surface area contributed by atoms with Crippen molar-refractivity contribution in [2.75, 3.05) is 6.61 Å². The number of carbonyl (C=O) groups is 2. The van der Waals surface area contributed by atoms with Crippen molar-refractivity contribution < 1.29 is 19.4 Å². The molecule has 1 N–H and O–H groups in total. The van der Waals surface area contributed by atoms with Crippen LogP contribution in [-0.2, 0) is 4.74 Å². The fourth-order valence-electron chi connectivity index (χ4n) is 1.03. The molecule has 1 rings (SSSR count). The summed E-state index contributed by atoms with van der Waals surface area (Å²) in [4.78, 5) is 22.1. The van der Waals surface area contributed by atoms with E-state index in [1.165, 1.54) is 18.2 Å². The van der Waals surface area contributed by atoms with Crippen molar-refractivity contribution in [2.24, 2.45) is 0 Å². The number of aromatic carboxylic acids is 1. The summed E-state index contributed by atoms with van der Waals surface area (Å²) < 4.78 is 5.19. The van der Waals surface area contributed by atoms with E-state index in [1.54, 1.807) is 6.92 Å². The maximum absolute atomic E-state index is 11.3. The van der Waals surface area contributed by atoms with Gasteiger partial charge in [0, 0.05) is 4.47 Å². The minimum absolute atomic E-state index is 0.0422. The van der Waals surface area contributed by atoms with Crippen molar-refractivity contribution in [3.63, 3.8) is 0 Å². The summed E-state index contributed by atoms with van der Waals surface area (Å²) in [5, 5.41) is 8.82. The number of hydrogen-bond donors (Lipinski definition) is 1. The van der Waals surface area contributed by atoms with Gasteiger partial charge >= 0.3 is 11.9 Å². The number of carboxylic acids is 1. The van der Waals surface area contributed by atoms with Gasteiger partial charge in [0.2, 0.25) is 0 Å². The average Bonchev–Trinajstić information content (AvgIpc) is 2.18. The van der Waals surface area contributed by atoms with E-state index in [2.05, 4.69) is 15.9 Å². The van der Waals surface area contributed by atoms with Crippen LogP contribution in [0.25, 0.3) is 0 Å². The Morgan fingerprint density at radius 1 is 1.47 bits per heavy atom. The SMILES string of the molecule is CCOC(=O)c1ccc(Br)c(C(=O)O)c1. The zero-order chi connectivity index (χ0) is 11.4. The fraction of sp³-hybridized carbons (Fsp3) is 0.200. The first kappa shape index (κ1) is 11.7. The molecule has 0 saturated carbocycles. The van der Waals surface area contributed by atoms with Gasteiger partial charge in [0.25, 0.3) is 0 Å². The molecule has 0 amide bonds. The Morgan fingerprint density at radius 2 is 2.13 bits per heavy atom. The Balaban J connectivity index is 3.07. The van der Waals surface area contributed by atoms with Crippen LogP contribution in [0.15, 0.2) is 22.7 Å². The minimum Gasteiger partial charge on any atom is -0.478 e. The third kappa shape index (κ3) is 2.79. The number of ether oxygens (including phenoxy) is 1. The number of esters is 1. The van der Waals surface area contributed by atoms with Gasteiger partial charge in [0.1, 0.15) is 0 Å². The minimum atomic E-state index is -1.09. The second kappa shape index (κ2) is 4.93. The summed E-state index contributed by atoms with van der Waals surface area (Å²) in [5.41, 5.74) is 0.276. The van der Waals surface area contributed by atoms with Crippen molar-refractivity contribution in [2.45, 2.75) is 6.92 Å².